The molecule has 2 fully saturated rings. The van der Waals surface area contributed by atoms with Gasteiger partial charge < -0.3 is 43.2 Å². The quantitative estimate of drug-likeness (QED) is 0.0849. The number of carbonyl (C=O) groups excluding carboxylic acids is 4. The summed E-state index contributed by atoms with van der Waals surface area (Å²) in [6, 6.07) is 19.4. The SMILES string of the molecule is CC(C)[Si](Oc1c2c(c(OC(=O)N3CCN(S(C)(=O)=O)CC3)c3cccnc13)CN(Cc1ccc(F)cc1)C2=O)(C(C)C)C(C)C.CC(C)[Si](Oc1c2c(c(OC(=O)N3CCNCC3)c3cccnc13)CN(Cc1ccc(F)cc1)C2=O)(C(C)C)C(C)C. The van der Waals surface area contributed by atoms with Crippen LogP contribution in [-0.4, -0.2) is 142 Å². The van der Waals surface area contributed by atoms with Crippen LogP contribution in [0.2, 0.25) is 33.2 Å². The van der Waals surface area contributed by atoms with E-state index in [-0.39, 0.29) is 115 Å². The number of aromatic nitrogens is 2. The monoisotopic (exact) mass is 1260 g/mol. The summed E-state index contributed by atoms with van der Waals surface area (Å²) in [5.41, 5.74) is 5.88. The average molecular weight is 1260 g/mol. The van der Waals surface area contributed by atoms with E-state index in [9.17, 15) is 36.4 Å². The van der Waals surface area contributed by atoms with Gasteiger partial charge in [-0.3, -0.25) is 19.6 Å². The van der Waals surface area contributed by atoms with Gasteiger partial charge in [0.15, 0.2) is 0 Å². The van der Waals surface area contributed by atoms with E-state index in [2.05, 4.69) is 88.4 Å². The predicted octanol–water partition coefficient (Wildman–Crippen LogP) is 12.6. The van der Waals surface area contributed by atoms with Crippen molar-refractivity contribution < 1.29 is 54.7 Å². The molecule has 2 aromatic heterocycles. The molecule has 0 radical (unpaired) electrons. The minimum absolute atomic E-state index is 0.150. The van der Waals surface area contributed by atoms with E-state index in [4.69, 9.17) is 28.3 Å². The molecule has 88 heavy (non-hydrogen) atoms. The molecule has 0 unspecified atom stereocenters. The molecule has 18 nitrogen and oxygen atoms in total. The van der Waals surface area contributed by atoms with Crippen molar-refractivity contribution in [3.05, 3.63) is 130 Å². The van der Waals surface area contributed by atoms with Crippen LogP contribution >= 0.6 is 0 Å². The first-order valence-corrected chi connectivity index (χ1v) is 36.7. The van der Waals surface area contributed by atoms with Gasteiger partial charge in [-0.25, -0.2) is 26.8 Å². The highest BCUT2D eigenvalue weighted by Crippen LogP contribution is 2.52. The summed E-state index contributed by atoms with van der Waals surface area (Å²) in [5.74, 6) is 0.305. The van der Waals surface area contributed by atoms with Crippen LogP contribution in [0.5, 0.6) is 23.0 Å². The number of amides is 4. The summed E-state index contributed by atoms with van der Waals surface area (Å²) >= 11 is 0. The van der Waals surface area contributed by atoms with Crippen LogP contribution in [0.1, 0.15) is 126 Å². The van der Waals surface area contributed by atoms with Crippen molar-refractivity contribution >= 4 is 72.5 Å². The van der Waals surface area contributed by atoms with Gasteiger partial charge in [-0.05, 0) is 92.9 Å². The Hall–Kier alpha value is -7.06. The summed E-state index contributed by atoms with van der Waals surface area (Å²) in [6.07, 6.45) is 3.39. The fourth-order valence-corrected chi connectivity index (χ4v) is 25.3. The number of hydrogen-bond acceptors (Lipinski definition) is 13. The first kappa shape index (κ1) is 65.4. The lowest BCUT2D eigenvalue weighted by Gasteiger charge is -2.42. The molecule has 6 heterocycles. The molecule has 0 atom stereocenters. The van der Waals surface area contributed by atoms with Crippen LogP contribution in [0.4, 0.5) is 18.4 Å². The number of halogens is 2. The summed E-state index contributed by atoms with van der Waals surface area (Å²) in [7, 11) is -8.47. The molecule has 0 spiro atoms. The maximum atomic E-state index is 14.3. The number of pyridine rings is 2. The summed E-state index contributed by atoms with van der Waals surface area (Å²) in [5, 5.41) is 4.45. The first-order valence-electron chi connectivity index (χ1n) is 30.6. The van der Waals surface area contributed by atoms with Crippen molar-refractivity contribution in [3.63, 3.8) is 0 Å². The van der Waals surface area contributed by atoms with E-state index in [1.165, 1.54) is 33.5 Å². The molecule has 2 saturated heterocycles. The van der Waals surface area contributed by atoms with E-state index in [1.807, 2.05) is 18.2 Å². The number of benzene rings is 4. The third kappa shape index (κ3) is 12.9. The lowest BCUT2D eigenvalue weighted by atomic mass is 10.0. The van der Waals surface area contributed by atoms with Crippen LogP contribution in [0.15, 0.2) is 85.2 Å². The zero-order chi connectivity index (χ0) is 63.7. The zero-order valence-corrected chi connectivity index (χ0v) is 55.7. The smallest absolute Gasteiger partial charge is 0.415 e. The lowest BCUT2D eigenvalue weighted by molar-refractivity contribution is 0.0757. The fourth-order valence-electron chi connectivity index (χ4n) is 13.9. The molecule has 4 aromatic carbocycles. The second kappa shape index (κ2) is 26.6. The molecule has 4 aliphatic heterocycles. The van der Waals surface area contributed by atoms with Gasteiger partial charge in [-0.2, -0.15) is 4.31 Å². The Labute approximate surface area is 518 Å². The number of fused-ring (bicyclic) bond motifs is 4. The molecule has 0 saturated carbocycles. The molecule has 23 heteroatoms. The summed E-state index contributed by atoms with van der Waals surface area (Å²) in [6.45, 7) is 30.3. The lowest BCUT2D eigenvalue weighted by Crippen LogP contribution is -2.51. The number of ether oxygens (including phenoxy) is 2. The van der Waals surface area contributed by atoms with Crippen molar-refractivity contribution in [2.45, 2.75) is 143 Å². The number of hydrogen-bond donors (Lipinski definition) is 1. The maximum Gasteiger partial charge on any atom is 0.415 e. The number of nitrogens with zero attached hydrogens (tertiary/aromatic N) is 7. The van der Waals surface area contributed by atoms with E-state index in [0.717, 1.165) is 17.4 Å². The second-order valence-electron chi connectivity index (χ2n) is 25.4. The van der Waals surface area contributed by atoms with Crippen molar-refractivity contribution in [2.24, 2.45) is 0 Å². The summed E-state index contributed by atoms with van der Waals surface area (Å²) in [4.78, 5) is 71.5. The normalized spacial score (nSPS) is 16.0. The van der Waals surface area contributed by atoms with Gasteiger partial charge in [0.25, 0.3) is 28.4 Å². The molecular weight excluding hydrogens is 1180 g/mol. The molecule has 6 aromatic rings. The molecule has 0 aliphatic carbocycles. The summed E-state index contributed by atoms with van der Waals surface area (Å²) < 4.78 is 79.4. The minimum atomic E-state index is -3.38. The van der Waals surface area contributed by atoms with Crippen LogP contribution in [-0.2, 0) is 36.2 Å². The fraction of sp³-hybridized carbons (Fsp3) is 0.477. The first-order chi connectivity index (χ1) is 41.7. The van der Waals surface area contributed by atoms with Crippen molar-refractivity contribution in [1.82, 2.24) is 39.2 Å². The van der Waals surface area contributed by atoms with Gasteiger partial charge in [0.05, 0.1) is 30.5 Å². The molecule has 4 aliphatic rings. The standard InChI is InChI=1S/C33H43FN4O6SSi.C32H41FN4O4Si/c1-21(2)46(22(3)4,23(5)6)44-31-28-27(20-37(32(28)39)19-24-10-12-25(34)13-11-24)30(26-9-8-14-35-29(26)31)43-33(40)36-15-17-38(18-16-36)45(7,41)42;1-20(2)42(21(3)4,22(5)6)41-30-27-26(19-37(31(27)38)18-23-9-11-24(33)12-10-23)29(25-8-7-13-35-28(25)30)40-32(39)36-16-14-34-15-17-36/h8-14,21-23H,15-20H2,1-7H3;7-13,20-22,34H,14-19H2,1-6H3. The van der Waals surface area contributed by atoms with Gasteiger partial charge >= 0.3 is 12.2 Å². The van der Waals surface area contributed by atoms with Crippen molar-refractivity contribution in [3.8, 4) is 23.0 Å². The number of carbonyl (C=O) groups is 4. The Balaban J connectivity index is 0.000000210. The van der Waals surface area contributed by atoms with E-state index in [0.29, 0.717) is 87.5 Å². The van der Waals surface area contributed by atoms with Crippen LogP contribution in [0, 0.1) is 11.6 Å². The van der Waals surface area contributed by atoms with Crippen LogP contribution in [0.3, 0.4) is 0 Å². The van der Waals surface area contributed by atoms with Crippen LogP contribution < -0.4 is 23.6 Å². The molecular formula is C65H84F2N8O10SSi2. The average Bonchev–Trinajstić information content (AvgIpc) is 1.46. The molecule has 1 N–H and O–H groups in total. The molecule has 4 amide bonds. The third-order valence-corrected chi connectivity index (χ3v) is 31.4. The van der Waals surface area contributed by atoms with Gasteiger partial charge in [-0.15, -0.1) is 0 Å². The Kier molecular flexibility index (Phi) is 19.7. The Morgan fingerprint density at radius 1 is 0.534 bits per heavy atom. The molecule has 10 rings (SSSR count). The Morgan fingerprint density at radius 3 is 1.23 bits per heavy atom. The molecule has 0 bridgehead atoms. The zero-order valence-electron chi connectivity index (χ0n) is 52.9. The van der Waals surface area contributed by atoms with Crippen molar-refractivity contribution in [1.29, 1.82) is 0 Å². The number of piperazine rings is 2. The minimum Gasteiger partial charge on any atom is -0.541 e. The Bertz CT molecular complexity index is 3650. The Morgan fingerprint density at radius 2 is 0.886 bits per heavy atom. The van der Waals surface area contributed by atoms with Crippen LogP contribution in [0.25, 0.3) is 21.8 Å². The van der Waals surface area contributed by atoms with Gasteiger partial charge in [0.1, 0.15) is 45.7 Å². The number of sulfonamides is 1. The van der Waals surface area contributed by atoms with E-state index in [1.54, 1.807) is 57.4 Å². The van der Waals surface area contributed by atoms with E-state index < -0.39 is 38.8 Å². The largest absolute Gasteiger partial charge is 0.541 e. The second-order valence-corrected chi connectivity index (χ2v) is 38.1. The maximum absolute atomic E-state index is 14.3. The van der Waals surface area contributed by atoms with Gasteiger partial charge in [0, 0.05) is 99.7 Å². The highest BCUT2D eigenvalue weighted by molar-refractivity contribution is 7.88. The third-order valence-electron chi connectivity index (χ3n) is 18.1. The van der Waals surface area contributed by atoms with Gasteiger partial charge in [0.2, 0.25) is 10.0 Å². The highest BCUT2D eigenvalue weighted by atomic mass is 32.2. The predicted molar refractivity (Wildman–Crippen MR) is 341 cm³/mol. The topological polar surface area (TPSA) is 193 Å². The van der Waals surface area contributed by atoms with Gasteiger partial charge in [-0.1, -0.05) is 107 Å². The molecule has 472 valence electrons. The van der Waals surface area contributed by atoms with Crippen molar-refractivity contribution in [2.75, 3.05) is 58.6 Å². The number of nitrogens with one attached hydrogen (secondary N) is 1. The number of rotatable bonds is 17. The van der Waals surface area contributed by atoms with E-state index >= 15 is 0 Å². The highest BCUT2D eigenvalue weighted by Gasteiger charge is 2.51.